The van der Waals surface area contributed by atoms with E-state index < -0.39 is 10.0 Å². The van der Waals surface area contributed by atoms with Gasteiger partial charge in [-0.05, 0) is 61.9 Å². The summed E-state index contributed by atoms with van der Waals surface area (Å²) in [4.78, 5) is 0.147. The Morgan fingerprint density at radius 2 is 1.81 bits per heavy atom. The molecule has 0 amide bonds. The minimum absolute atomic E-state index is 0.147. The highest BCUT2D eigenvalue weighted by Gasteiger charge is 2.15. The molecule has 0 aliphatic rings. The summed E-state index contributed by atoms with van der Waals surface area (Å²) in [6, 6.07) is 11.5. The van der Waals surface area contributed by atoms with Gasteiger partial charge in [0.05, 0.1) is 11.5 Å². The zero-order valence-electron chi connectivity index (χ0n) is 12.0. The van der Waals surface area contributed by atoms with Gasteiger partial charge in [-0.1, -0.05) is 0 Å². The first-order chi connectivity index (χ1) is 9.90. The largest absolute Gasteiger partial charge is 0.494 e. The number of nitrogens with one attached hydrogen (secondary N) is 1. The summed E-state index contributed by atoms with van der Waals surface area (Å²) >= 11 is 0. The Kier molecular flexibility index (Phi) is 4.37. The van der Waals surface area contributed by atoms with Gasteiger partial charge in [-0.3, -0.25) is 4.72 Å². The van der Waals surface area contributed by atoms with E-state index >= 15 is 0 Å². The summed E-state index contributed by atoms with van der Waals surface area (Å²) in [5.41, 5.74) is 7.38. The van der Waals surface area contributed by atoms with Crippen LogP contribution in [0.5, 0.6) is 5.75 Å². The average molecular weight is 306 g/mol. The van der Waals surface area contributed by atoms with E-state index in [0.29, 0.717) is 23.7 Å². The number of benzene rings is 2. The predicted molar refractivity (Wildman–Crippen MR) is 84.0 cm³/mol. The molecule has 0 aliphatic carbocycles. The van der Waals surface area contributed by atoms with Gasteiger partial charge < -0.3 is 10.5 Å². The summed E-state index contributed by atoms with van der Waals surface area (Å²) < 4.78 is 32.5. The van der Waals surface area contributed by atoms with Gasteiger partial charge in [0.25, 0.3) is 10.0 Å². The summed E-state index contributed by atoms with van der Waals surface area (Å²) in [7, 11) is -3.65. The molecule has 0 bridgehead atoms. The number of hydrogen-bond donors (Lipinski definition) is 2. The van der Waals surface area contributed by atoms with E-state index in [1.165, 1.54) is 6.07 Å². The minimum Gasteiger partial charge on any atom is -0.494 e. The molecule has 0 saturated heterocycles. The van der Waals surface area contributed by atoms with Crippen LogP contribution in [-0.2, 0) is 10.0 Å². The van der Waals surface area contributed by atoms with Crippen LogP contribution in [0.4, 0.5) is 11.4 Å². The van der Waals surface area contributed by atoms with Gasteiger partial charge in [-0.15, -0.1) is 0 Å². The number of anilines is 2. The molecule has 0 heterocycles. The molecule has 0 fully saturated rings. The molecule has 2 rings (SSSR count). The molecular formula is C15H18N2O3S. The Morgan fingerprint density at radius 1 is 1.14 bits per heavy atom. The summed E-state index contributed by atoms with van der Waals surface area (Å²) in [6.45, 7) is 4.25. The van der Waals surface area contributed by atoms with Gasteiger partial charge in [0.15, 0.2) is 0 Å². The van der Waals surface area contributed by atoms with Crippen molar-refractivity contribution in [2.75, 3.05) is 17.1 Å². The lowest BCUT2D eigenvalue weighted by molar-refractivity contribution is 0.340. The highest BCUT2D eigenvalue weighted by atomic mass is 32.2. The van der Waals surface area contributed by atoms with Crippen LogP contribution in [-0.4, -0.2) is 15.0 Å². The highest BCUT2D eigenvalue weighted by molar-refractivity contribution is 7.92. The van der Waals surface area contributed by atoms with Crippen molar-refractivity contribution in [2.45, 2.75) is 18.7 Å². The monoisotopic (exact) mass is 306 g/mol. The molecule has 0 aliphatic heterocycles. The minimum atomic E-state index is -3.65. The van der Waals surface area contributed by atoms with Gasteiger partial charge >= 0.3 is 0 Å². The molecular weight excluding hydrogens is 288 g/mol. The van der Waals surface area contributed by atoms with E-state index in [-0.39, 0.29) is 4.90 Å². The third kappa shape index (κ3) is 3.88. The van der Waals surface area contributed by atoms with Crippen LogP contribution in [0.1, 0.15) is 12.5 Å². The van der Waals surface area contributed by atoms with Crippen molar-refractivity contribution in [1.29, 1.82) is 0 Å². The fourth-order valence-corrected chi connectivity index (χ4v) is 3.13. The van der Waals surface area contributed by atoms with E-state index in [1.807, 2.05) is 6.92 Å². The van der Waals surface area contributed by atoms with E-state index in [4.69, 9.17) is 10.5 Å². The van der Waals surface area contributed by atoms with Crippen LogP contribution < -0.4 is 15.2 Å². The highest BCUT2D eigenvalue weighted by Crippen LogP contribution is 2.21. The molecule has 0 radical (unpaired) electrons. The van der Waals surface area contributed by atoms with Crippen molar-refractivity contribution in [1.82, 2.24) is 0 Å². The molecule has 2 aromatic rings. The first-order valence-corrected chi connectivity index (χ1v) is 8.02. The fourth-order valence-electron chi connectivity index (χ4n) is 1.93. The van der Waals surface area contributed by atoms with E-state index in [9.17, 15) is 8.42 Å². The maximum absolute atomic E-state index is 12.3. The van der Waals surface area contributed by atoms with Gasteiger partial charge in [-0.2, -0.15) is 0 Å². The van der Waals surface area contributed by atoms with Crippen LogP contribution in [0, 0.1) is 6.92 Å². The van der Waals surface area contributed by atoms with Crippen molar-refractivity contribution in [3.8, 4) is 5.75 Å². The molecule has 5 nitrogen and oxygen atoms in total. The number of rotatable bonds is 5. The van der Waals surface area contributed by atoms with Crippen molar-refractivity contribution < 1.29 is 13.2 Å². The molecule has 112 valence electrons. The van der Waals surface area contributed by atoms with Crippen LogP contribution >= 0.6 is 0 Å². The molecule has 0 saturated carbocycles. The fraction of sp³-hybridized carbons (Fsp3) is 0.200. The first kappa shape index (κ1) is 15.2. The topological polar surface area (TPSA) is 81.4 Å². The Balaban J connectivity index is 2.24. The lowest BCUT2D eigenvalue weighted by atomic mass is 10.2. The second-order valence-electron chi connectivity index (χ2n) is 4.64. The van der Waals surface area contributed by atoms with Crippen LogP contribution in [0.3, 0.4) is 0 Å². The lowest BCUT2D eigenvalue weighted by Crippen LogP contribution is -2.13. The number of ether oxygens (including phenoxy) is 1. The molecule has 3 N–H and O–H groups in total. The Labute approximate surface area is 124 Å². The normalized spacial score (nSPS) is 11.1. The maximum atomic E-state index is 12.3. The van der Waals surface area contributed by atoms with Crippen molar-refractivity contribution in [3.63, 3.8) is 0 Å². The molecule has 6 heteroatoms. The SMILES string of the molecule is CCOc1ccc(NS(=O)(=O)c2cc(C)cc(N)c2)cc1. The molecule has 0 aromatic heterocycles. The Hall–Kier alpha value is -2.21. The second kappa shape index (κ2) is 6.05. The maximum Gasteiger partial charge on any atom is 0.261 e. The smallest absolute Gasteiger partial charge is 0.261 e. The van der Waals surface area contributed by atoms with Crippen molar-refractivity contribution in [3.05, 3.63) is 48.0 Å². The molecule has 0 atom stereocenters. The second-order valence-corrected chi connectivity index (χ2v) is 6.32. The number of sulfonamides is 1. The summed E-state index contributed by atoms with van der Waals surface area (Å²) in [5.74, 6) is 0.695. The van der Waals surface area contributed by atoms with Crippen LogP contribution in [0.15, 0.2) is 47.4 Å². The van der Waals surface area contributed by atoms with E-state index in [1.54, 1.807) is 43.3 Å². The van der Waals surface area contributed by atoms with Gasteiger partial charge in [0, 0.05) is 11.4 Å². The summed E-state index contributed by atoms with van der Waals surface area (Å²) in [6.07, 6.45) is 0. The zero-order chi connectivity index (χ0) is 15.5. The standard InChI is InChI=1S/C15H18N2O3S/c1-3-20-14-6-4-13(5-7-14)17-21(18,19)15-9-11(2)8-12(16)10-15/h4-10,17H,3,16H2,1-2H3. The number of aryl methyl sites for hydroxylation is 1. The van der Waals surface area contributed by atoms with E-state index in [0.717, 1.165) is 5.56 Å². The van der Waals surface area contributed by atoms with Gasteiger partial charge in [-0.25, -0.2) is 8.42 Å². The van der Waals surface area contributed by atoms with Gasteiger partial charge in [0.1, 0.15) is 5.75 Å². The van der Waals surface area contributed by atoms with E-state index in [2.05, 4.69) is 4.72 Å². The Morgan fingerprint density at radius 3 is 2.38 bits per heavy atom. The van der Waals surface area contributed by atoms with Crippen LogP contribution in [0.2, 0.25) is 0 Å². The number of hydrogen-bond acceptors (Lipinski definition) is 4. The van der Waals surface area contributed by atoms with Crippen molar-refractivity contribution in [2.24, 2.45) is 0 Å². The molecule has 21 heavy (non-hydrogen) atoms. The Bertz CT molecular complexity index is 705. The molecule has 0 spiro atoms. The average Bonchev–Trinajstić information content (AvgIpc) is 2.40. The molecule has 2 aromatic carbocycles. The first-order valence-electron chi connectivity index (χ1n) is 6.53. The third-order valence-corrected chi connectivity index (χ3v) is 4.16. The lowest BCUT2D eigenvalue weighted by Gasteiger charge is -2.10. The summed E-state index contributed by atoms with van der Waals surface area (Å²) in [5, 5.41) is 0. The van der Waals surface area contributed by atoms with Crippen LogP contribution in [0.25, 0.3) is 0 Å². The quantitative estimate of drug-likeness (QED) is 0.832. The third-order valence-electron chi connectivity index (χ3n) is 2.80. The zero-order valence-corrected chi connectivity index (χ0v) is 12.8. The number of nitrogens with two attached hydrogens (primary N) is 1. The predicted octanol–water partition coefficient (Wildman–Crippen LogP) is 2.78. The molecule has 0 unspecified atom stereocenters. The number of nitrogen functional groups attached to an aromatic ring is 1. The van der Waals surface area contributed by atoms with Crippen molar-refractivity contribution >= 4 is 21.4 Å². The van der Waals surface area contributed by atoms with Gasteiger partial charge in [0.2, 0.25) is 0 Å².